The third kappa shape index (κ3) is 5.53. The lowest BCUT2D eigenvalue weighted by Crippen LogP contribution is -2.45. The Bertz CT molecular complexity index is 1080. The van der Waals surface area contributed by atoms with Gasteiger partial charge >= 0.3 is 6.09 Å². The smallest absolute Gasteiger partial charge is 0.415 e. The van der Waals surface area contributed by atoms with Crippen LogP contribution in [0.3, 0.4) is 0 Å². The van der Waals surface area contributed by atoms with Crippen molar-refractivity contribution < 1.29 is 23.8 Å². The fourth-order valence-electron chi connectivity index (χ4n) is 4.53. The number of aliphatic hydroxyl groups excluding tert-OH is 1. The fraction of sp³-hybridized carbons (Fsp3) is 0.520. The number of hydrogen-bond donors (Lipinski definition) is 3. The van der Waals surface area contributed by atoms with Gasteiger partial charge in [-0.3, -0.25) is 9.69 Å². The highest BCUT2D eigenvalue weighted by molar-refractivity contribution is 5.94. The summed E-state index contributed by atoms with van der Waals surface area (Å²) in [4.78, 5) is 35.0. The monoisotopic (exact) mass is 485 g/mol. The number of nitrogens with zero attached hydrogens (tertiary/aromatic N) is 3. The lowest BCUT2D eigenvalue weighted by Gasteiger charge is -2.28. The number of amides is 2. The summed E-state index contributed by atoms with van der Waals surface area (Å²) < 4.78 is 20.0. The van der Waals surface area contributed by atoms with Gasteiger partial charge in [0.15, 0.2) is 0 Å². The zero-order chi connectivity index (χ0) is 25.1. The molecule has 35 heavy (non-hydrogen) atoms. The Balaban J connectivity index is 1.44. The van der Waals surface area contributed by atoms with Gasteiger partial charge in [-0.2, -0.15) is 4.98 Å². The zero-order valence-corrected chi connectivity index (χ0v) is 20.2. The van der Waals surface area contributed by atoms with E-state index in [9.17, 15) is 19.1 Å². The number of rotatable bonds is 7. The van der Waals surface area contributed by atoms with Gasteiger partial charge in [0.1, 0.15) is 18.2 Å². The molecule has 2 fully saturated rings. The lowest BCUT2D eigenvalue weighted by atomic mass is 9.92. The molecule has 0 spiro atoms. The molecule has 1 saturated carbocycles. The van der Waals surface area contributed by atoms with Gasteiger partial charge in [-0.15, -0.1) is 0 Å². The third-order valence-corrected chi connectivity index (χ3v) is 6.69. The summed E-state index contributed by atoms with van der Waals surface area (Å²) in [5, 5.41) is 16.0. The Labute approximate surface area is 204 Å². The molecule has 0 radical (unpaired) electrons. The van der Waals surface area contributed by atoms with E-state index in [1.54, 1.807) is 18.3 Å². The predicted octanol–water partition coefficient (Wildman–Crippen LogP) is 3.80. The molecule has 1 aromatic carbocycles. The molecule has 1 saturated heterocycles. The number of ether oxygens (including phenoxy) is 1. The average molecular weight is 486 g/mol. The van der Waals surface area contributed by atoms with Crippen LogP contribution in [0.4, 0.5) is 21.0 Å². The maximum Gasteiger partial charge on any atom is 0.415 e. The van der Waals surface area contributed by atoms with Crippen molar-refractivity contribution in [3.63, 3.8) is 0 Å². The number of nitrogens with one attached hydrogen (secondary N) is 2. The number of hydrogen-bond acceptors (Lipinski definition) is 7. The third-order valence-electron chi connectivity index (χ3n) is 6.69. The lowest BCUT2D eigenvalue weighted by molar-refractivity contribution is 0.0714. The van der Waals surface area contributed by atoms with Crippen molar-refractivity contribution in [2.75, 3.05) is 16.8 Å². The molecule has 4 atom stereocenters. The van der Waals surface area contributed by atoms with E-state index >= 15 is 0 Å². The Morgan fingerprint density at radius 2 is 2.00 bits per heavy atom. The molecule has 2 aromatic rings. The van der Waals surface area contributed by atoms with Crippen LogP contribution in [0.5, 0.6) is 0 Å². The van der Waals surface area contributed by atoms with Crippen LogP contribution in [0.1, 0.15) is 68.4 Å². The van der Waals surface area contributed by atoms with E-state index < -0.39 is 23.9 Å². The summed E-state index contributed by atoms with van der Waals surface area (Å²) >= 11 is 0. The molecular formula is C25H32FN5O4. The van der Waals surface area contributed by atoms with Crippen molar-refractivity contribution in [1.29, 1.82) is 0 Å². The second-order valence-corrected chi connectivity index (χ2v) is 9.53. The molecule has 1 aliphatic carbocycles. The molecule has 4 rings (SSSR count). The SMILES string of the molecule is CC(C)[C@H]1COC(=O)N1c1ccnc(N[C@@H](C)c2ccc(C(=O)N[C@@H]3CCCC[C@H]3O)c(F)c2)n1. The van der Waals surface area contributed by atoms with E-state index in [2.05, 4.69) is 20.6 Å². The van der Waals surface area contributed by atoms with Crippen LogP contribution in [0, 0.1) is 11.7 Å². The van der Waals surface area contributed by atoms with Gasteiger partial charge in [0.2, 0.25) is 5.95 Å². The second-order valence-electron chi connectivity index (χ2n) is 9.53. The number of aliphatic hydroxyl groups is 1. The molecule has 0 bridgehead atoms. The number of carbonyl (C=O) groups is 2. The van der Waals surface area contributed by atoms with Crippen LogP contribution in [0.15, 0.2) is 30.5 Å². The van der Waals surface area contributed by atoms with Crippen molar-refractivity contribution in [2.45, 2.75) is 70.7 Å². The van der Waals surface area contributed by atoms with Crippen LogP contribution >= 0.6 is 0 Å². The molecule has 2 heterocycles. The van der Waals surface area contributed by atoms with E-state index in [-0.39, 0.29) is 35.6 Å². The van der Waals surface area contributed by atoms with Gasteiger partial charge in [-0.05, 0) is 49.4 Å². The molecular weight excluding hydrogens is 453 g/mol. The van der Waals surface area contributed by atoms with Crippen molar-refractivity contribution in [3.05, 3.63) is 47.4 Å². The highest BCUT2D eigenvalue weighted by atomic mass is 19.1. The minimum Gasteiger partial charge on any atom is -0.447 e. The largest absolute Gasteiger partial charge is 0.447 e. The van der Waals surface area contributed by atoms with E-state index in [0.717, 1.165) is 12.8 Å². The standard InChI is InChI=1S/C25H32FN5O4/c1-14(2)20-13-35-25(34)31(20)22-10-11-27-24(30-22)28-15(3)16-8-9-17(18(26)12-16)23(33)29-19-6-4-5-7-21(19)32/h8-12,14-15,19-21,32H,4-7,13H2,1-3H3,(H,29,33)(H,27,28,30)/t15-,19+,20+,21+/m0/s1. The summed E-state index contributed by atoms with van der Waals surface area (Å²) in [6.07, 6.45) is 3.66. The van der Waals surface area contributed by atoms with E-state index in [0.29, 0.717) is 30.8 Å². The van der Waals surface area contributed by atoms with Gasteiger partial charge in [0, 0.05) is 6.20 Å². The fourth-order valence-corrected chi connectivity index (χ4v) is 4.53. The first kappa shape index (κ1) is 24.8. The quantitative estimate of drug-likeness (QED) is 0.546. The van der Waals surface area contributed by atoms with Gasteiger partial charge in [0.05, 0.1) is 29.8 Å². The highest BCUT2D eigenvalue weighted by Gasteiger charge is 2.37. The highest BCUT2D eigenvalue weighted by Crippen LogP contribution is 2.27. The minimum atomic E-state index is -0.645. The van der Waals surface area contributed by atoms with Gasteiger partial charge in [-0.25, -0.2) is 14.2 Å². The molecule has 1 aromatic heterocycles. The van der Waals surface area contributed by atoms with Crippen LogP contribution in [-0.2, 0) is 4.74 Å². The second kappa shape index (κ2) is 10.6. The summed E-state index contributed by atoms with van der Waals surface area (Å²) in [6.45, 7) is 6.15. The maximum atomic E-state index is 14.8. The summed E-state index contributed by atoms with van der Waals surface area (Å²) in [7, 11) is 0. The predicted molar refractivity (Wildman–Crippen MR) is 129 cm³/mol. The van der Waals surface area contributed by atoms with Crippen LogP contribution in [0.2, 0.25) is 0 Å². The summed E-state index contributed by atoms with van der Waals surface area (Å²) in [6, 6.07) is 5.22. The Hall–Kier alpha value is -3.27. The molecule has 2 aliphatic rings. The first-order chi connectivity index (χ1) is 16.7. The Kier molecular flexibility index (Phi) is 7.49. The van der Waals surface area contributed by atoms with Gasteiger partial charge in [0.25, 0.3) is 5.91 Å². The Morgan fingerprint density at radius 3 is 2.71 bits per heavy atom. The topological polar surface area (TPSA) is 117 Å². The summed E-state index contributed by atoms with van der Waals surface area (Å²) in [5.74, 6) is -0.279. The van der Waals surface area contributed by atoms with E-state index in [1.807, 2.05) is 20.8 Å². The molecule has 188 valence electrons. The normalized spacial score (nSPS) is 23.2. The number of carbonyl (C=O) groups excluding carboxylic acids is 2. The Morgan fingerprint density at radius 1 is 1.23 bits per heavy atom. The first-order valence-electron chi connectivity index (χ1n) is 12.1. The molecule has 2 amide bonds. The maximum absolute atomic E-state index is 14.8. The minimum absolute atomic E-state index is 0.0655. The van der Waals surface area contributed by atoms with Crippen molar-refractivity contribution in [3.8, 4) is 0 Å². The zero-order valence-electron chi connectivity index (χ0n) is 20.2. The molecule has 9 nitrogen and oxygen atoms in total. The average Bonchev–Trinajstić information content (AvgIpc) is 3.22. The molecule has 10 heteroatoms. The van der Waals surface area contributed by atoms with E-state index in [4.69, 9.17) is 4.74 Å². The number of anilines is 2. The van der Waals surface area contributed by atoms with Crippen LogP contribution < -0.4 is 15.5 Å². The first-order valence-corrected chi connectivity index (χ1v) is 12.1. The number of cyclic esters (lactones) is 1. The van der Waals surface area contributed by atoms with Crippen molar-refractivity contribution >= 4 is 23.8 Å². The van der Waals surface area contributed by atoms with Crippen LogP contribution in [0.25, 0.3) is 0 Å². The molecule has 1 aliphatic heterocycles. The number of aromatic nitrogens is 2. The molecule has 0 unspecified atom stereocenters. The summed E-state index contributed by atoms with van der Waals surface area (Å²) in [5.41, 5.74) is 0.538. The van der Waals surface area contributed by atoms with Crippen LogP contribution in [-0.4, -0.2) is 51.9 Å². The van der Waals surface area contributed by atoms with Gasteiger partial charge in [-0.1, -0.05) is 32.8 Å². The number of halogens is 1. The van der Waals surface area contributed by atoms with Gasteiger partial charge < -0.3 is 20.5 Å². The van der Waals surface area contributed by atoms with Crippen molar-refractivity contribution in [2.24, 2.45) is 5.92 Å². The van der Waals surface area contributed by atoms with Crippen molar-refractivity contribution in [1.82, 2.24) is 15.3 Å². The van der Waals surface area contributed by atoms with E-state index in [1.165, 1.54) is 17.0 Å². The number of benzene rings is 1. The molecule has 3 N–H and O–H groups in total.